The summed E-state index contributed by atoms with van der Waals surface area (Å²) in [6, 6.07) is 0.136. The van der Waals surface area contributed by atoms with Crippen LogP contribution in [-0.2, 0) is 4.79 Å². The van der Waals surface area contributed by atoms with E-state index in [9.17, 15) is 4.79 Å². The van der Waals surface area contributed by atoms with Crippen molar-refractivity contribution in [3.8, 4) is 0 Å². The summed E-state index contributed by atoms with van der Waals surface area (Å²) >= 11 is 3.78. The van der Waals surface area contributed by atoms with E-state index in [1.165, 1.54) is 0 Å². The van der Waals surface area contributed by atoms with Crippen molar-refractivity contribution in [2.75, 3.05) is 7.05 Å². The second-order valence-corrected chi connectivity index (χ2v) is 9.73. The van der Waals surface area contributed by atoms with Crippen LogP contribution in [0.2, 0.25) is 19.6 Å². The average Bonchev–Trinajstić information content (AvgIpc) is 1.96. The molecule has 0 aliphatic rings. The van der Waals surface area contributed by atoms with Crippen LogP contribution >= 0.6 is 12.6 Å². The van der Waals surface area contributed by atoms with Crippen LogP contribution in [0.15, 0.2) is 12.7 Å². The van der Waals surface area contributed by atoms with Crippen molar-refractivity contribution in [2.24, 2.45) is 0 Å². The molecule has 0 aromatic carbocycles. The van der Waals surface area contributed by atoms with Gasteiger partial charge in [0.2, 0.25) is 0 Å². The zero-order valence-electron chi connectivity index (χ0n) is 8.87. The Hall–Kier alpha value is -0.0631. The largest absolute Gasteiger partial charge is 0.320 e. The van der Waals surface area contributed by atoms with Gasteiger partial charge >= 0.3 is 0 Å². The molecule has 0 aromatic heterocycles. The fourth-order valence-electron chi connectivity index (χ4n) is 1.05. The summed E-state index contributed by atoms with van der Waals surface area (Å²) in [4.78, 5) is 10.8. The zero-order valence-corrected chi connectivity index (χ0v) is 10.8. The van der Waals surface area contributed by atoms with Crippen molar-refractivity contribution in [1.29, 1.82) is 0 Å². The smallest absolute Gasteiger partial charge is 0.187 e. The molecule has 0 saturated heterocycles. The first-order valence-corrected chi connectivity index (χ1v) is 8.25. The molecule has 4 heteroatoms. The Morgan fingerprint density at radius 2 is 2.08 bits per heavy atom. The molecule has 0 fully saturated rings. The number of likely N-dealkylation sites (N-methyl/N-ethyl adjacent to an activating group) is 1. The first-order valence-electron chi connectivity index (χ1n) is 4.36. The van der Waals surface area contributed by atoms with Gasteiger partial charge in [-0.3, -0.25) is 4.79 Å². The Morgan fingerprint density at radius 3 is 2.31 bits per heavy atom. The minimum Gasteiger partial charge on any atom is -0.320 e. The van der Waals surface area contributed by atoms with Crippen LogP contribution in [0.3, 0.4) is 0 Å². The zero-order chi connectivity index (χ0) is 10.6. The molecular weight excluding hydrogens is 198 g/mol. The summed E-state index contributed by atoms with van der Waals surface area (Å²) in [5, 5.41) is -0.0741. The monoisotopic (exact) mass is 217 g/mol. The molecule has 76 valence electrons. The predicted molar refractivity (Wildman–Crippen MR) is 63.7 cm³/mol. The minimum atomic E-state index is -1.34. The van der Waals surface area contributed by atoms with Gasteiger partial charge in [-0.25, -0.2) is 0 Å². The lowest BCUT2D eigenvalue weighted by Crippen LogP contribution is -2.48. The Morgan fingerprint density at radius 1 is 1.62 bits per heavy atom. The summed E-state index contributed by atoms with van der Waals surface area (Å²) in [6.07, 6.45) is 2.28. The van der Waals surface area contributed by atoms with E-state index >= 15 is 0 Å². The molecule has 0 spiro atoms. The second kappa shape index (κ2) is 4.98. The molecule has 0 saturated carbocycles. The third-order valence-corrected chi connectivity index (χ3v) is 4.84. The van der Waals surface area contributed by atoms with Crippen molar-refractivity contribution in [1.82, 2.24) is 4.57 Å². The quantitative estimate of drug-likeness (QED) is 0.433. The maximum absolute atomic E-state index is 10.8. The molecule has 0 aromatic rings. The van der Waals surface area contributed by atoms with E-state index in [1.54, 1.807) is 0 Å². The normalized spacial score (nSPS) is 14.3. The van der Waals surface area contributed by atoms with Crippen molar-refractivity contribution < 1.29 is 4.79 Å². The molecular formula is C9H19NOSSi. The number of nitrogens with zero attached hydrogens (tertiary/aromatic N) is 1. The standard InChI is InChI=1S/C9H19NOSSi/c1-6-8(7-9(11)12)10(2)13(3,4)5/h6,8H,1,7H2,2-5H3,(H,11,12). The molecule has 0 bridgehead atoms. The van der Waals surface area contributed by atoms with Crippen molar-refractivity contribution in [3.05, 3.63) is 12.7 Å². The van der Waals surface area contributed by atoms with Gasteiger partial charge in [-0.15, -0.1) is 19.2 Å². The van der Waals surface area contributed by atoms with Crippen LogP contribution in [0.1, 0.15) is 6.42 Å². The lowest BCUT2D eigenvalue weighted by molar-refractivity contribution is -0.111. The van der Waals surface area contributed by atoms with Gasteiger partial charge in [0.25, 0.3) is 0 Å². The van der Waals surface area contributed by atoms with E-state index in [1.807, 2.05) is 6.08 Å². The number of carbonyl (C=O) groups is 1. The van der Waals surface area contributed by atoms with Gasteiger partial charge in [0.05, 0.1) is 0 Å². The lowest BCUT2D eigenvalue weighted by Gasteiger charge is -2.35. The number of thiol groups is 1. The summed E-state index contributed by atoms with van der Waals surface area (Å²) in [5.41, 5.74) is 0. The molecule has 0 amide bonds. The second-order valence-electron chi connectivity index (χ2n) is 4.18. The third-order valence-electron chi connectivity index (χ3n) is 2.21. The molecule has 13 heavy (non-hydrogen) atoms. The maximum atomic E-state index is 10.8. The van der Waals surface area contributed by atoms with Crippen LogP contribution in [0, 0.1) is 0 Å². The van der Waals surface area contributed by atoms with E-state index in [0.717, 1.165) is 0 Å². The van der Waals surface area contributed by atoms with Crippen LogP contribution in [0.4, 0.5) is 0 Å². The average molecular weight is 217 g/mol. The van der Waals surface area contributed by atoms with Gasteiger partial charge in [-0.2, -0.15) is 0 Å². The summed E-state index contributed by atoms with van der Waals surface area (Å²) in [7, 11) is 0.715. The topological polar surface area (TPSA) is 20.3 Å². The Kier molecular flexibility index (Phi) is 4.95. The SMILES string of the molecule is C=CC(CC(=O)S)N(C)[Si](C)(C)C. The van der Waals surface area contributed by atoms with Gasteiger partial charge in [0, 0.05) is 12.5 Å². The first-order chi connectivity index (χ1) is 5.79. The maximum Gasteiger partial charge on any atom is 0.187 e. The Labute approximate surface area is 87.5 Å². The highest BCUT2D eigenvalue weighted by Crippen LogP contribution is 2.14. The highest BCUT2D eigenvalue weighted by Gasteiger charge is 2.25. The fraction of sp³-hybridized carbons (Fsp3) is 0.667. The van der Waals surface area contributed by atoms with Crippen molar-refractivity contribution >= 4 is 26.0 Å². The molecule has 0 heterocycles. The van der Waals surface area contributed by atoms with Crippen LogP contribution in [0.5, 0.6) is 0 Å². The van der Waals surface area contributed by atoms with E-state index < -0.39 is 8.24 Å². The van der Waals surface area contributed by atoms with Gasteiger partial charge < -0.3 is 4.57 Å². The van der Waals surface area contributed by atoms with E-state index in [-0.39, 0.29) is 11.2 Å². The fourth-order valence-corrected chi connectivity index (χ4v) is 2.43. The number of rotatable bonds is 5. The molecule has 2 nitrogen and oxygen atoms in total. The van der Waals surface area contributed by atoms with E-state index in [0.29, 0.717) is 6.42 Å². The Balaban J connectivity index is 4.40. The highest BCUT2D eigenvalue weighted by molar-refractivity contribution is 7.96. The van der Waals surface area contributed by atoms with Crippen molar-refractivity contribution in [2.45, 2.75) is 32.1 Å². The Bertz CT molecular complexity index is 200. The number of carbonyl (C=O) groups excluding carboxylic acids is 1. The van der Waals surface area contributed by atoms with E-state index in [2.05, 4.69) is 50.5 Å². The van der Waals surface area contributed by atoms with Gasteiger partial charge in [0.15, 0.2) is 5.12 Å². The molecule has 1 atom stereocenters. The molecule has 0 radical (unpaired) electrons. The third kappa shape index (κ3) is 4.64. The molecule has 0 rings (SSSR count). The summed E-state index contributed by atoms with van der Waals surface area (Å²) < 4.78 is 2.26. The highest BCUT2D eigenvalue weighted by atomic mass is 32.1. The summed E-state index contributed by atoms with van der Waals surface area (Å²) in [5.74, 6) is 0. The minimum absolute atomic E-state index is 0.0741. The van der Waals surface area contributed by atoms with Crippen LogP contribution < -0.4 is 0 Å². The van der Waals surface area contributed by atoms with Gasteiger partial charge in [-0.05, 0) is 7.05 Å². The van der Waals surface area contributed by atoms with Gasteiger partial charge in [0.1, 0.15) is 8.24 Å². The number of hydrogen-bond donors (Lipinski definition) is 1. The van der Waals surface area contributed by atoms with Crippen molar-refractivity contribution in [3.63, 3.8) is 0 Å². The van der Waals surface area contributed by atoms with E-state index in [4.69, 9.17) is 0 Å². The molecule has 0 aliphatic heterocycles. The number of hydrogen-bond acceptors (Lipinski definition) is 2. The molecule has 0 N–H and O–H groups in total. The lowest BCUT2D eigenvalue weighted by atomic mass is 10.2. The van der Waals surface area contributed by atoms with Gasteiger partial charge in [-0.1, -0.05) is 25.7 Å². The summed E-state index contributed by atoms with van der Waals surface area (Å²) in [6.45, 7) is 10.5. The molecule has 0 aliphatic carbocycles. The van der Waals surface area contributed by atoms with Crippen LogP contribution in [-0.4, -0.2) is 31.0 Å². The first kappa shape index (κ1) is 12.9. The predicted octanol–water partition coefficient (Wildman–Crippen LogP) is 2.15. The molecule has 1 unspecified atom stereocenters. The van der Waals surface area contributed by atoms with Crippen LogP contribution in [0.25, 0.3) is 0 Å².